The van der Waals surface area contributed by atoms with Crippen molar-refractivity contribution in [2.24, 2.45) is 0 Å². The van der Waals surface area contributed by atoms with Crippen LogP contribution in [0.5, 0.6) is 11.5 Å². The Morgan fingerprint density at radius 3 is 2.64 bits per heavy atom. The first-order chi connectivity index (χ1) is 11.9. The molecule has 0 radical (unpaired) electrons. The molecule has 8 heteroatoms. The zero-order valence-electron chi connectivity index (χ0n) is 12.9. The molecular formula is C17H13Br2F2NO3. The van der Waals surface area contributed by atoms with Gasteiger partial charge in [-0.15, -0.1) is 0 Å². The number of ether oxygens (including phenoxy) is 2. The van der Waals surface area contributed by atoms with Crippen molar-refractivity contribution in [1.29, 1.82) is 0 Å². The summed E-state index contributed by atoms with van der Waals surface area (Å²) in [5.41, 5.74) is 0.816. The molecule has 0 aliphatic carbocycles. The van der Waals surface area contributed by atoms with Gasteiger partial charge in [0.15, 0.2) is 0 Å². The highest BCUT2D eigenvalue weighted by molar-refractivity contribution is 9.11. The molecule has 2 rings (SSSR count). The highest BCUT2D eigenvalue weighted by Gasteiger charge is 2.11. The molecule has 25 heavy (non-hydrogen) atoms. The van der Waals surface area contributed by atoms with Crippen LogP contribution in [-0.2, 0) is 4.79 Å². The largest absolute Gasteiger partial charge is 0.495 e. The molecule has 2 aromatic rings. The lowest BCUT2D eigenvalue weighted by molar-refractivity contribution is -0.111. The quantitative estimate of drug-likeness (QED) is 0.562. The van der Waals surface area contributed by atoms with Gasteiger partial charge in [0.05, 0.1) is 17.3 Å². The molecule has 0 aromatic heterocycles. The maximum Gasteiger partial charge on any atom is 0.387 e. The molecular weight excluding hydrogens is 464 g/mol. The molecule has 0 aliphatic heterocycles. The van der Waals surface area contributed by atoms with E-state index in [1.54, 1.807) is 18.2 Å². The van der Waals surface area contributed by atoms with Crippen LogP contribution >= 0.6 is 31.9 Å². The highest BCUT2D eigenvalue weighted by atomic mass is 79.9. The van der Waals surface area contributed by atoms with Crippen LogP contribution in [0.2, 0.25) is 0 Å². The van der Waals surface area contributed by atoms with Crippen molar-refractivity contribution in [2.75, 3.05) is 12.4 Å². The Morgan fingerprint density at radius 1 is 1.24 bits per heavy atom. The molecule has 0 fully saturated rings. The van der Waals surface area contributed by atoms with Crippen LogP contribution in [0.4, 0.5) is 14.5 Å². The van der Waals surface area contributed by atoms with Gasteiger partial charge in [-0.25, -0.2) is 0 Å². The van der Waals surface area contributed by atoms with Crippen LogP contribution in [0.25, 0.3) is 6.08 Å². The number of anilines is 1. The summed E-state index contributed by atoms with van der Waals surface area (Å²) in [7, 11) is 1.52. The van der Waals surface area contributed by atoms with E-state index in [2.05, 4.69) is 41.9 Å². The Kier molecular flexibility index (Phi) is 6.95. The lowest BCUT2D eigenvalue weighted by Gasteiger charge is -2.10. The fraction of sp³-hybridized carbons (Fsp3) is 0.118. The smallest absolute Gasteiger partial charge is 0.387 e. The predicted octanol–water partition coefficient (Wildman–Crippen LogP) is 5.47. The molecule has 0 bridgehead atoms. The van der Waals surface area contributed by atoms with Crippen molar-refractivity contribution in [3.8, 4) is 11.5 Å². The highest BCUT2D eigenvalue weighted by Crippen LogP contribution is 2.33. The van der Waals surface area contributed by atoms with Crippen molar-refractivity contribution in [3.05, 3.63) is 57.0 Å². The van der Waals surface area contributed by atoms with E-state index in [-0.39, 0.29) is 11.4 Å². The van der Waals surface area contributed by atoms with E-state index >= 15 is 0 Å². The second kappa shape index (κ2) is 8.96. The van der Waals surface area contributed by atoms with Crippen LogP contribution < -0.4 is 14.8 Å². The molecule has 1 N–H and O–H groups in total. The zero-order valence-corrected chi connectivity index (χ0v) is 16.1. The van der Waals surface area contributed by atoms with Crippen molar-refractivity contribution < 1.29 is 23.0 Å². The molecule has 132 valence electrons. The number of para-hydroxylation sites is 2. The van der Waals surface area contributed by atoms with Crippen LogP contribution in [0.15, 0.2) is 51.4 Å². The number of methoxy groups -OCH3 is 1. The summed E-state index contributed by atoms with van der Waals surface area (Å²) in [4.78, 5) is 12.1. The minimum atomic E-state index is -2.98. The number of alkyl halides is 2. The van der Waals surface area contributed by atoms with E-state index in [0.717, 1.165) is 8.95 Å². The van der Waals surface area contributed by atoms with Gasteiger partial charge in [0.2, 0.25) is 5.91 Å². The third kappa shape index (κ3) is 5.54. The Labute approximate surface area is 160 Å². The van der Waals surface area contributed by atoms with Gasteiger partial charge in [0, 0.05) is 16.1 Å². The number of rotatable bonds is 6. The fourth-order valence-electron chi connectivity index (χ4n) is 2.03. The van der Waals surface area contributed by atoms with Gasteiger partial charge >= 0.3 is 6.61 Å². The normalized spacial score (nSPS) is 11.0. The molecule has 2 aromatic carbocycles. The number of hydrogen-bond donors (Lipinski definition) is 1. The standard InChI is InChI=1S/C17H13Br2F2NO3/c1-24-16-10(8-11(18)9-12(16)19)6-7-15(23)22-13-4-2-3-5-14(13)25-17(20)21/h2-9,17H,1H3,(H,22,23). The monoisotopic (exact) mass is 475 g/mol. The molecule has 0 saturated heterocycles. The number of carbonyl (C=O) groups excluding carboxylic acids is 1. The van der Waals surface area contributed by atoms with Crippen molar-refractivity contribution in [3.63, 3.8) is 0 Å². The third-order valence-corrected chi connectivity index (χ3v) is 4.06. The maximum atomic E-state index is 12.4. The average molecular weight is 477 g/mol. The Bertz CT molecular complexity index is 797. The van der Waals surface area contributed by atoms with E-state index in [0.29, 0.717) is 11.3 Å². The molecule has 0 unspecified atom stereocenters. The van der Waals surface area contributed by atoms with Gasteiger partial charge < -0.3 is 14.8 Å². The lowest BCUT2D eigenvalue weighted by Crippen LogP contribution is -2.11. The van der Waals surface area contributed by atoms with Crippen LogP contribution in [-0.4, -0.2) is 19.6 Å². The second-order valence-corrected chi connectivity index (χ2v) is 6.48. The van der Waals surface area contributed by atoms with Gasteiger partial charge in [-0.1, -0.05) is 28.1 Å². The predicted molar refractivity (Wildman–Crippen MR) is 99.1 cm³/mol. The lowest BCUT2D eigenvalue weighted by atomic mass is 10.2. The van der Waals surface area contributed by atoms with E-state index in [1.807, 2.05) is 6.07 Å². The Morgan fingerprint density at radius 2 is 1.96 bits per heavy atom. The number of nitrogens with one attached hydrogen (secondary N) is 1. The summed E-state index contributed by atoms with van der Waals surface area (Å²) in [5, 5.41) is 2.50. The summed E-state index contributed by atoms with van der Waals surface area (Å²) in [6.07, 6.45) is 2.83. The molecule has 0 heterocycles. The number of amides is 1. The first-order valence-electron chi connectivity index (χ1n) is 6.96. The number of carbonyl (C=O) groups is 1. The van der Waals surface area contributed by atoms with Crippen LogP contribution in [0.1, 0.15) is 5.56 Å². The summed E-state index contributed by atoms with van der Waals surface area (Å²) < 4.78 is 36.0. The molecule has 0 aliphatic rings. The van der Waals surface area contributed by atoms with Crippen LogP contribution in [0, 0.1) is 0 Å². The third-order valence-electron chi connectivity index (χ3n) is 3.02. The summed E-state index contributed by atoms with van der Waals surface area (Å²) in [6.45, 7) is -2.98. The number of hydrogen-bond acceptors (Lipinski definition) is 3. The Balaban J connectivity index is 2.18. The first-order valence-corrected chi connectivity index (χ1v) is 8.55. The Hall–Kier alpha value is -1.93. The minimum Gasteiger partial charge on any atom is -0.495 e. The molecule has 4 nitrogen and oxygen atoms in total. The van der Waals surface area contributed by atoms with E-state index in [1.165, 1.54) is 31.4 Å². The number of halogens is 4. The summed E-state index contributed by atoms with van der Waals surface area (Å²) in [6, 6.07) is 9.55. The number of benzene rings is 2. The summed E-state index contributed by atoms with van der Waals surface area (Å²) >= 11 is 6.74. The topological polar surface area (TPSA) is 47.6 Å². The molecule has 0 atom stereocenters. The van der Waals surface area contributed by atoms with Gasteiger partial charge in [0.1, 0.15) is 11.5 Å². The van der Waals surface area contributed by atoms with Gasteiger partial charge in [-0.05, 0) is 46.3 Å². The molecule has 1 amide bonds. The van der Waals surface area contributed by atoms with Gasteiger partial charge in [-0.3, -0.25) is 4.79 Å². The first kappa shape index (κ1) is 19.4. The zero-order chi connectivity index (χ0) is 18.4. The molecule has 0 saturated carbocycles. The van der Waals surface area contributed by atoms with Gasteiger partial charge in [0.25, 0.3) is 0 Å². The fourth-order valence-corrected chi connectivity index (χ4v) is 3.45. The second-order valence-electron chi connectivity index (χ2n) is 4.71. The van der Waals surface area contributed by atoms with E-state index in [4.69, 9.17) is 4.74 Å². The average Bonchev–Trinajstić information content (AvgIpc) is 2.54. The minimum absolute atomic E-state index is 0.109. The van der Waals surface area contributed by atoms with Crippen molar-refractivity contribution >= 4 is 49.5 Å². The van der Waals surface area contributed by atoms with E-state index < -0.39 is 12.5 Å². The SMILES string of the molecule is COc1c(Br)cc(Br)cc1C=CC(=O)Nc1ccccc1OC(F)F. The van der Waals surface area contributed by atoms with Gasteiger partial charge in [-0.2, -0.15) is 8.78 Å². The van der Waals surface area contributed by atoms with Crippen molar-refractivity contribution in [1.82, 2.24) is 0 Å². The maximum absolute atomic E-state index is 12.4. The van der Waals surface area contributed by atoms with Crippen LogP contribution in [0.3, 0.4) is 0 Å². The van der Waals surface area contributed by atoms with Crippen molar-refractivity contribution in [2.45, 2.75) is 6.61 Å². The summed E-state index contributed by atoms with van der Waals surface area (Å²) in [5.74, 6) is -0.0424. The molecule has 0 spiro atoms. The van der Waals surface area contributed by atoms with E-state index in [9.17, 15) is 13.6 Å².